The zero-order valence-electron chi connectivity index (χ0n) is 30.7. The summed E-state index contributed by atoms with van der Waals surface area (Å²) in [6.45, 7) is 10.6. The van der Waals surface area contributed by atoms with E-state index < -0.39 is 22.1 Å². The van der Waals surface area contributed by atoms with Gasteiger partial charge in [-0.15, -0.1) is 11.3 Å². The van der Waals surface area contributed by atoms with Gasteiger partial charge in [0.2, 0.25) is 5.88 Å². The third kappa shape index (κ3) is 9.70. The minimum absolute atomic E-state index is 0.0408. The van der Waals surface area contributed by atoms with Crippen LogP contribution in [-0.2, 0) is 27.9 Å². The number of carbonyl (C=O) groups excluding carboxylic acids is 2. The standard InChI is InChI=1S/C26H23N3O3S2.C12H18N4O4/c1-3-21-15-23-24(17(2)27-21)25(20-7-5-4-6-8-20)28-29(23)16-18-9-11-19(12-10-18)22-13-14-33-26(22)34(30,31)32;1-7(2)6-20-16-12(18)15-10(17)9-11(19-4)14-8(3)5-13-9/h4-15H,3,16H2,1-2H3,(H,30,31,32);5,7H,6H2,1-4H3,(H2,15,16,17,18). The number of hydrogen-bond acceptors (Lipinski definition) is 11. The van der Waals surface area contributed by atoms with Gasteiger partial charge in [0.25, 0.3) is 5.91 Å². The molecule has 0 atom stereocenters. The molecule has 0 bridgehead atoms. The number of urea groups is 1. The fraction of sp³-hybridized carbons (Fsp3) is 0.263. The predicted octanol–water partition coefficient (Wildman–Crippen LogP) is 6.81. The Labute approximate surface area is 317 Å². The first kappa shape index (κ1) is 39.7. The highest BCUT2D eigenvalue weighted by Crippen LogP contribution is 2.33. The molecule has 54 heavy (non-hydrogen) atoms. The molecule has 4 heterocycles. The van der Waals surface area contributed by atoms with Crippen molar-refractivity contribution in [3.05, 3.63) is 107 Å². The zero-order chi connectivity index (χ0) is 39.0. The van der Waals surface area contributed by atoms with Crippen LogP contribution in [0.5, 0.6) is 5.88 Å². The van der Waals surface area contributed by atoms with Crippen molar-refractivity contribution < 1.29 is 32.1 Å². The van der Waals surface area contributed by atoms with E-state index in [1.54, 1.807) is 18.4 Å². The number of hydrogen-bond donors (Lipinski definition) is 3. The van der Waals surface area contributed by atoms with Gasteiger partial charge in [0.15, 0.2) is 9.90 Å². The highest BCUT2D eigenvalue weighted by Gasteiger charge is 2.20. The van der Waals surface area contributed by atoms with Gasteiger partial charge in [-0.25, -0.2) is 20.2 Å². The lowest BCUT2D eigenvalue weighted by atomic mass is 10.1. The Balaban J connectivity index is 0.000000241. The van der Waals surface area contributed by atoms with Gasteiger partial charge < -0.3 is 4.74 Å². The molecule has 282 valence electrons. The lowest BCUT2D eigenvalue weighted by Crippen LogP contribution is -2.40. The maximum atomic E-state index is 11.8. The normalized spacial score (nSPS) is 11.3. The first-order valence-electron chi connectivity index (χ1n) is 17.0. The van der Waals surface area contributed by atoms with E-state index in [-0.39, 0.29) is 21.7 Å². The molecule has 0 fully saturated rings. The summed E-state index contributed by atoms with van der Waals surface area (Å²) in [5.41, 5.74) is 9.89. The van der Waals surface area contributed by atoms with Gasteiger partial charge >= 0.3 is 16.1 Å². The molecule has 16 heteroatoms. The first-order valence-corrected chi connectivity index (χ1v) is 19.3. The van der Waals surface area contributed by atoms with E-state index in [0.717, 1.165) is 62.4 Å². The lowest BCUT2D eigenvalue weighted by Gasteiger charge is -2.09. The molecule has 2 aromatic carbocycles. The van der Waals surface area contributed by atoms with Gasteiger partial charge in [-0.05, 0) is 54.8 Å². The van der Waals surface area contributed by atoms with Crippen molar-refractivity contribution in [2.24, 2.45) is 5.92 Å². The van der Waals surface area contributed by atoms with Crippen molar-refractivity contribution in [2.45, 2.75) is 51.8 Å². The monoisotopic (exact) mass is 771 g/mol. The van der Waals surface area contributed by atoms with Crippen LogP contribution >= 0.6 is 11.3 Å². The third-order valence-corrected chi connectivity index (χ3v) is 10.2. The van der Waals surface area contributed by atoms with Gasteiger partial charge in [0, 0.05) is 34.1 Å². The number of pyridine rings is 1. The second-order valence-electron chi connectivity index (χ2n) is 12.6. The average Bonchev–Trinajstić information content (AvgIpc) is 3.79. The quantitative estimate of drug-likeness (QED) is 0.0927. The Bertz CT molecular complexity index is 2360. The van der Waals surface area contributed by atoms with E-state index in [1.807, 2.05) is 67.9 Å². The number of aromatic nitrogens is 5. The molecule has 14 nitrogen and oxygen atoms in total. The molecular weight excluding hydrogens is 731 g/mol. The number of aryl methyl sites for hydroxylation is 3. The SMILES string of the molecule is CCc1cc2c(c(C)n1)c(-c1ccccc1)nn2Cc1ccc(-c2ccsc2S(=O)(=O)O)cc1.COc1nc(C)cnc1C(=O)NC(=O)NOCC(C)C. The Hall–Kier alpha value is -5.55. The van der Waals surface area contributed by atoms with E-state index in [9.17, 15) is 22.6 Å². The van der Waals surface area contributed by atoms with Crippen molar-refractivity contribution in [1.29, 1.82) is 0 Å². The average molecular weight is 772 g/mol. The predicted molar refractivity (Wildman–Crippen MR) is 206 cm³/mol. The summed E-state index contributed by atoms with van der Waals surface area (Å²) in [7, 11) is -2.89. The second-order valence-corrected chi connectivity index (χ2v) is 15.1. The number of thiophene rings is 1. The molecule has 0 aliphatic heterocycles. The Kier molecular flexibility index (Phi) is 12.9. The van der Waals surface area contributed by atoms with Crippen molar-refractivity contribution >= 4 is 44.3 Å². The van der Waals surface area contributed by atoms with Crippen molar-refractivity contribution in [3.63, 3.8) is 0 Å². The van der Waals surface area contributed by atoms with E-state index >= 15 is 0 Å². The molecule has 6 aromatic rings. The minimum Gasteiger partial charge on any atom is -0.479 e. The van der Waals surface area contributed by atoms with Gasteiger partial charge in [-0.1, -0.05) is 75.4 Å². The smallest absolute Gasteiger partial charge is 0.345 e. The van der Waals surface area contributed by atoms with E-state index in [1.165, 1.54) is 13.3 Å². The molecule has 6 rings (SSSR count). The number of carbonyl (C=O) groups is 2. The topological polar surface area (TPSA) is 188 Å². The number of benzene rings is 2. The summed E-state index contributed by atoms with van der Waals surface area (Å²) in [6, 6.07) is 20.8. The molecule has 0 radical (unpaired) electrons. The number of fused-ring (bicyclic) bond motifs is 1. The Morgan fingerprint density at radius 1 is 1.00 bits per heavy atom. The van der Waals surface area contributed by atoms with Crippen LogP contribution in [0.1, 0.15) is 53.9 Å². The molecule has 3 amide bonds. The van der Waals surface area contributed by atoms with E-state index in [2.05, 4.69) is 45.9 Å². The molecule has 0 aliphatic rings. The Morgan fingerprint density at radius 2 is 1.72 bits per heavy atom. The van der Waals surface area contributed by atoms with Crippen molar-refractivity contribution in [2.75, 3.05) is 13.7 Å². The maximum absolute atomic E-state index is 11.8. The van der Waals surface area contributed by atoms with Crippen molar-refractivity contribution in [1.82, 2.24) is 35.5 Å². The van der Waals surface area contributed by atoms with E-state index in [0.29, 0.717) is 24.4 Å². The summed E-state index contributed by atoms with van der Waals surface area (Å²) in [5, 5.41) is 9.76. The summed E-state index contributed by atoms with van der Waals surface area (Å²) in [5.74, 6) is -0.410. The van der Waals surface area contributed by atoms with Crippen LogP contribution in [0, 0.1) is 19.8 Å². The number of amides is 3. The molecular formula is C38H41N7O7S2. The summed E-state index contributed by atoms with van der Waals surface area (Å²) in [4.78, 5) is 40.8. The lowest BCUT2D eigenvalue weighted by molar-refractivity contribution is 0.0434. The van der Waals surface area contributed by atoms with E-state index in [4.69, 9.17) is 19.7 Å². The van der Waals surface area contributed by atoms with Crippen LogP contribution in [0.3, 0.4) is 0 Å². The number of rotatable bonds is 11. The molecule has 4 aromatic heterocycles. The Morgan fingerprint density at radius 3 is 2.37 bits per heavy atom. The molecule has 3 N–H and O–H groups in total. The third-order valence-electron chi connectivity index (χ3n) is 7.92. The van der Waals surface area contributed by atoms with Crippen LogP contribution in [0.2, 0.25) is 0 Å². The number of nitrogens with one attached hydrogen (secondary N) is 2. The molecule has 0 saturated carbocycles. The van der Waals surface area contributed by atoms with Crippen LogP contribution in [0.15, 0.2) is 82.5 Å². The first-order chi connectivity index (χ1) is 25.8. The van der Waals surface area contributed by atoms with Crippen molar-refractivity contribution in [3.8, 4) is 28.3 Å². The summed E-state index contributed by atoms with van der Waals surface area (Å²) in [6.07, 6.45) is 2.25. The second kappa shape index (κ2) is 17.5. The molecule has 0 unspecified atom stereocenters. The maximum Gasteiger partial charge on any atom is 0.345 e. The summed E-state index contributed by atoms with van der Waals surface area (Å²) < 4.78 is 39.7. The largest absolute Gasteiger partial charge is 0.479 e. The van der Waals surface area contributed by atoms with Crippen LogP contribution in [0.25, 0.3) is 33.3 Å². The molecule has 0 saturated heterocycles. The van der Waals surface area contributed by atoms with Gasteiger partial charge in [-0.3, -0.25) is 29.2 Å². The fourth-order valence-corrected chi connectivity index (χ4v) is 7.18. The molecule has 0 spiro atoms. The number of ether oxygens (including phenoxy) is 1. The zero-order valence-corrected chi connectivity index (χ0v) is 32.3. The van der Waals surface area contributed by atoms with Gasteiger partial charge in [-0.2, -0.15) is 13.5 Å². The van der Waals surface area contributed by atoms with Crippen LogP contribution < -0.4 is 15.5 Å². The minimum atomic E-state index is -4.26. The fourth-order valence-electron chi connectivity index (χ4n) is 5.43. The number of nitrogens with zero attached hydrogens (tertiary/aromatic N) is 5. The highest BCUT2D eigenvalue weighted by molar-refractivity contribution is 7.88. The highest BCUT2D eigenvalue weighted by atomic mass is 32.3. The van der Waals surface area contributed by atoms with Crippen LogP contribution in [-0.4, -0.2) is 63.4 Å². The number of imide groups is 1. The van der Waals surface area contributed by atoms with Gasteiger partial charge in [0.1, 0.15) is 5.69 Å². The van der Waals surface area contributed by atoms with Crippen LogP contribution in [0.4, 0.5) is 4.79 Å². The van der Waals surface area contributed by atoms with Gasteiger partial charge in [0.05, 0.1) is 31.5 Å². The summed E-state index contributed by atoms with van der Waals surface area (Å²) >= 11 is 1.01. The number of hydroxylamine groups is 1. The number of methoxy groups -OCH3 is 1. The molecule has 0 aliphatic carbocycles.